The molecule has 0 spiro atoms. The Morgan fingerprint density at radius 3 is 2.43 bits per heavy atom. The van der Waals surface area contributed by atoms with Crippen LogP contribution >= 0.6 is 0 Å². The normalized spacial score (nSPS) is 26.5. The first-order valence-corrected chi connectivity index (χ1v) is 8.16. The zero-order chi connectivity index (χ0) is 15.8. The van der Waals surface area contributed by atoms with E-state index in [0.29, 0.717) is 19.0 Å². The highest BCUT2D eigenvalue weighted by Gasteiger charge is 2.31. The van der Waals surface area contributed by atoms with Gasteiger partial charge < -0.3 is 25.3 Å². The molecule has 124 valence electrons. The summed E-state index contributed by atoms with van der Waals surface area (Å²) in [6.07, 6.45) is 1.29. The number of hydrogen-bond donors (Lipinski definition) is 3. The van der Waals surface area contributed by atoms with Crippen molar-refractivity contribution in [3.63, 3.8) is 0 Å². The number of rotatable bonds is 4. The molecule has 2 rings (SSSR count). The van der Waals surface area contributed by atoms with Gasteiger partial charge >= 0.3 is 6.03 Å². The second kappa shape index (κ2) is 9.23. The Morgan fingerprint density at radius 2 is 1.86 bits per heavy atom. The van der Waals surface area contributed by atoms with Crippen molar-refractivity contribution in [2.45, 2.75) is 45.8 Å². The maximum absolute atomic E-state index is 12.3. The third kappa shape index (κ3) is 5.45. The van der Waals surface area contributed by atoms with Gasteiger partial charge in [-0.1, -0.05) is 20.8 Å². The van der Waals surface area contributed by atoms with Crippen LogP contribution in [0.15, 0.2) is 0 Å². The van der Waals surface area contributed by atoms with Gasteiger partial charge in [-0.3, -0.25) is 0 Å². The first-order valence-electron chi connectivity index (χ1n) is 8.16. The van der Waals surface area contributed by atoms with Gasteiger partial charge in [0.1, 0.15) is 0 Å². The number of carbonyl (C=O) groups excluding carboxylic acids is 1. The average Bonchev–Trinajstić information content (AvgIpc) is 3.15. The molecule has 3 unspecified atom stereocenters. The number of hydrogen-bond acceptors (Lipinski definition) is 4. The van der Waals surface area contributed by atoms with Gasteiger partial charge in [-0.25, -0.2) is 4.79 Å². The number of urea groups is 1. The van der Waals surface area contributed by atoms with Crippen LogP contribution in [-0.2, 0) is 0 Å². The number of nitrogens with zero attached hydrogens (tertiary/aromatic N) is 2. The molecule has 2 aliphatic rings. The summed E-state index contributed by atoms with van der Waals surface area (Å²) in [4.78, 5) is 16.1. The van der Waals surface area contributed by atoms with E-state index < -0.39 is 6.10 Å². The Morgan fingerprint density at radius 1 is 1.24 bits per heavy atom. The van der Waals surface area contributed by atoms with Crippen LogP contribution in [0.25, 0.3) is 0 Å². The highest BCUT2D eigenvalue weighted by Crippen LogP contribution is 2.19. The molecule has 0 aromatic rings. The number of aliphatic hydroxyl groups is 2. The van der Waals surface area contributed by atoms with Gasteiger partial charge in [-0.2, -0.15) is 0 Å². The van der Waals surface area contributed by atoms with Crippen LogP contribution in [0.5, 0.6) is 0 Å². The van der Waals surface area contributed by atoms with Crippen LogP contribution in [0, 0.1) is 5.92 Å². The Balaban J connectivity index is 0.00000106. The fourth-order valence-corrected chi connectivity index (χ4v) is 2.78. The summed E-state index contributed by atoms with van der Waals surface area (Å²) in [7, 11) is 0. The summed E-state index contributed by atoms with van der Waals surface area (Å²) in [5.74, 6) is 0.611. The minimum absolute atomic E-state index is 0.149. The zero-order valence-electron chi connectivity index (χ0n) is 13.6. The van der Waals surface area contributed by atoms with E-state index in [0.717, 1.165) is 32.5 Å². The van der Waals surface area contributed by atoms with Crippen molar-refractivity contribution in [1.29, 1.82) is 0 Å². The molecule has 6 heteroatoms. The van der Waals surface area contributed by atoms with E-state index in [-0.39, 0.29) is 18.7 Å². The summed E-state index contributed by atoms with van der Waals surface area (Å²) in [5, 5.41) is 21.2. The van der Waals surface area contributed by atoms with Crippen LogP contribution in [0.4, 0.5) is 4.79 Å². The van der Waals surface area contributed by atoms with Gasteiger partial charge in [-0.05, 0) is 18.8 Å². The molecule has 0 aliphatic carbocycles. The molecule has 3 atom stereocenters. The second-order valence-corrected chi connectivity index (χ2v) is 5.80. The van der Waals surface area contributed by atoms with Gasteiger partial charge in [0.2, 0.25) is 0 Å². The smallest absolute Gasteiger partial charge is 0.320 e. The lowest BCUT2D eigenvalue weighted by Crippen LogP contribution is -2.43. The molecular weight excluding hydrogens is 270 g/mol. The first kappa shape index (κ1) is 18.2. The molecule has 2 amide bonds. The Kier molecular flexibility index (Phi) is 8.00. The highest BCUT2D eigenvalue weighted by atomic mass is 16.3. The topological polar surface area (TPSA) is 76.0 Å². The molecule has 0 bridgehead atoms. The van der Waals surface area contributed by atoms with E-state index in [1.54, 1.807) is 0 Å². The largest absolute Gasteiger partial charge is 0.394 e. The number of nitrogens with one attached hydrogen (secondary N) is 1. The van der Waals surface area contributed by atoms with E-state index in [1.165, 1.54) is 0 Å². The maximum Gasteiger partial charge on any atom is 0.320 e. The Hall–Kier alpha value is -0.850. The van der Waals surface area contributed by atoms with Crippen molar-refractivity contribution < 1.29 is 15.0 Å². The molecule has 0 aromatic heterocycles. The van der Waals surface area contributed by atoms with E-state index in [9.17, 15) is 9.90 Å². The van der Waals surface area contributed by atoms with Crippen LogP contribution < -0.4 is 5.32 Å². The van der Waals surface area contributed by atoms with Crippen LogP contribution in [0.1, 0.15) is 33.6 Å². The van der Waals surface area contributed by atoms with Crippen molar-refractivity contribution in [3.8, 4) is 0 Å². The van der Waals surface area contributed by atoms with E-state index in [2.05, 4.69) is 12.2 Å². The lowest BCUT2D eigenvalue weighted by Gasteiger charge is -2.24. The molecule has 0 saturated carbocycles. The third-order valence-corrected chi connectivity index (χ3v) is 4.01. The molecular formula is C15H31N3O3. The first-order chi connectivity index (χ1) is 10.1. The zero-order valence-corrected chi connectivity index (χ0v) is 13.6. The van der Waals surface area contributed by atoms with E-state index >= 15 is 0 Å². The summed E-state index contributed by atoms with van der Waals surface area (Å²) in [5.41, 5.74) is 0. The van der Waals surface area contributed by atoms with Crippen molar-refractivity contribution in [2.75, 3.05) is 39.3 Å². The molecule has 21 heavy (non-hydrogen) atoms. The highest BCUT2D eigenvalue weighted by molar-refractivity contribution is 5.75. The second-order valence-electron chi connectivity index (χ2n) is 5.80. The standard InChI is InChI=1S/C13H25N3O3.C2H6/c1-10-2-4-15(7-10)13(19)16-5-3-11(8-16)14-6-12(18)9-17;1-2/h10-12,14,17-18H,2-9H2,1H3;1-2H3. The number of carbonyl (C=O) groups is 1. The molecule has 0 radical (unpaired) electrons. The van der Waals surface area contributed by atoms with Crippen LogP contribution in [0.2, 0.25) is 0 Å². The lowest BCUT2D eigenvalue weighted by molar-refractivity contribution is 0.0920. The number of amides is 2. The maximum atomic E-state index is 12.3. The van der Waals surface area contributed by atoms with E-state index in [1.807, 2.05) is 23.6 Å². The predicted molar refractivity (Wildman–Crippen MR) is 83.2 cm³/mol. The molecule has 2 heterocycles. The molecule has 0 aromatic carbocycles. The van der Waals surface area contributed by atoms with Gasteiger partial charge in [-0.15, -0.1) is 0 Å². The summed E-state index contributed by atoms with van der Waals surface area (Å²) < 4.78 is 0. The number of likely N-dealkylation sites (tertiary alicyclic amines) is 2. The minimum Gasteiger partial charge on any atom is -0.394 e. The Labute approximate surface area is 128 Å². The van der Waals surface area contributed by atoms with Crippen molar-refractivity contribution in [1.82, 2.24) is 15.1 Å². The summed E-state index contributed by atoms with van der Waals surface area (Å²) in [6.45, 7) is 9.54. The summed E-state index contributed by atoms with van der Waals surface area (Å²) >= 11 is 0. The quantitative estimate of drug-likeness (QED) is 0.706. The number of aliphatic hydroxyl groups excluding tert-OH is 2. The monoisotopic (exact) mass is 301 g/mol. The lowest BCUT2D eigenvalue weighted by atomic mass is 10.2. The SMILES string of the molecule is CC.CC1CCN(C(=O)N2CCC(NCC(O)CO)C2)C1. The molecule has 6 nitrogen and oxygen atoms in total. The minimum atomic E-state index is -0.718. The van der Waals surface area contributed by atoms with Crippen molar-refractivity contribution in [2.24, 2.45) is 5.92 Å². The van der Waals surface area contributed by atoms with Gasteiger partial charge in [0.15, 0.2) is 0 Å². The predicted octanol–water partition coefficient (Wildman–Crippen LogP) is 0.492. The van der Waals surface area contributed by atoms with E-state index in [4.69, 9.17) is 5.11 Å². The third-order valence-electron chi connectivity index (χ3n) is 4.01. The Bertz CT molecular complexity index is 315. The van der Waals surface area contributed by atoms with Crippen LogP contribution in [0.3, 0.4) is 0 Å². The average molecular weight is 301 g/mol. The van der Waals surface area contributed by atoms with Crippen molar-refractivity contribution >= 4 is 6.03 Å². The fraction of sp³-hybridized carbons (Fsp3) is 0.933. The molecule has 2 saturated heterocycles. The fourth-order valence-electron chi connectivity index (χ4n) is 2.78. The van der Waals surface area contributed by atoms with Gasteiger partial charge in [0.05, 0.1) is 12.7 Å². The van der Waals surface area contributed by atoms with Crippen LogP contribution in [-0.4, -0.2) is 77.5 Å². The van der Waals surface area contributed by atoms with Gasteiger partial charge in [0.25, 0.3) is 0 Å². The molecule has 2 fully saturated rings. The summed E-state index contributed by atoms with van der Waals surface area (Å²) in [6, 6.07) is 0.376. The van der Waals surface area contributed by atoms with Crippen molar-refractivity contribution in [3.05, 3.63) is 0 Å². The molecule has 3 N–H and O–H groups in total. The molecule has 2 aliphatic heterocycles. The van der Waals surface area contributed by atoms with Gasteiger partial charge in [0, 0.05) is 38.8 Å².